The predicted octanol–water partition coefficient (Wildman–Crippen LogP) is 1.50. The Morgan fingerprint density at radius 2 is 2.36 bits per heavy atom. The predicted molar refractivity (Wildman–Crippen MR) is 66.1 cm³/mol. The van der Waals surface area contributed by atoms with Crippen LogP contribution >= 0.6 is 12.6 Å². The zero-order chi connectivity index (χ0) is 10.6. The molecule has 1 heterocycles. The molecule has 1 aliphatic rings. The number of likely N-dealkylation sites (tertiary alicyclic amines) is 1. The second kappa shape index (κ2) is 5.79. The molecule has 1 unspecified atom stereocenters. The molecule has 0 amide bonds. The summed E-state index contributed by atoms with van der Waals surface area (Å²) < 4.78 is 0. The third kappa shape index (κ3) is 3.64. The Morgan fingerprint density at radius 3 is 2.93 bits per heavy atom. The van der Waals surface area contributed by atoms with Crippen LogP contribution < -0.4 is 0 Å². The summed E-state index contributed by atoms with van der Waals surface area (Å²) in [5, 5.41) is 0. The number of hydrogen-bond donors (Lipinski definition) is 1. The molecule has 1 fully saturated rings. The van der Waals surface area contributed by atoms with Crippen LogP contribution in [-0.4, -0.2) is 55.3 Å². The average Bonchev–Trinajstić information content (AvgIpc) is 2.17. The quantitative estimate of drug-likeness (QED) is 0.560. The Kier molecular flexibility index (Phi) is 4.99. The van der Waals surface area contributed by atoms with Crippen molar-refractivity contribution in [3.8, 4) is 0 Å². The number of piperidine rings is 1. The number of rotatable bonds is 4. The van der Waals surface area contributed by atoms with Crippen molar-refractivity contribution in [2.45, 2.75) is 18.9 Å². The summed E-state index contributed by atoms with van der Waals surface area (Å²) in [5.41, 5.74) is 1.21. The summed E-state index contributed by atoms with van der Waals surface area (Å²) in [5.74, 6) is 0.799. The van der Waals surface area contributed by atoms with Crippen LogP contribution in [0.15, 0.2) is 12.2 Å². The SMILES string of the molecule is C=C(CS)CN(C)C1CCCN(C)C1. The van der Waals surface area contributed by atoms with E-state index in [-0.39, 0.29) is 0 Å². The van der Waals surface area contributed by atoms with Crippen molar-refractivity contribution >= 4 is 12.6 Å². The molecule has 82 valence electrons. The second-order valence-electron chi connectivity index (χ2n) is 4.38. The molecule has 0 aromatic carbocycles. The molecule has 0 N–H and O–H groups in total. The van der Waals surface area contributed by atoms with E-state index in [4.69, 9.17) is 0 Å². The smallest absolute Gasteiger partial charge is 0.0223 e. The van der Waals surface area contributed by atoms with E-state index in [1.807, 2.05) is 0 Å². The van der Waals surface area contributed by atoms with Crippen molar-refractivity contribution in [2.75, 3.05) is 39.5 Å². The minimum atomic E-state index is 0.699. The molecule has 1 atom stereocenters. The molecule has 0 radical (unpaired) electrons. The van der Waals surface area contributed by atoms with Crippen LogP contribution in [0, 0.1) is 0 Å². The Morgan fingerprint density at radius 1 is 1.64 bits per heavy atom. The molecule has 0 aliphatic carbocycles. The van der Waals surface area contributed by atoms with Crippen LogP contribution in [0.3, 0.4) is 0 Å². The zero-order valence-corrected chi connectivity index (χ0v) is 10.3. The molecule has 3 heteroatoms. The fourth-order valence-corrected chi connectivity index (χ4v) is 2.13. The first-order valence-electron chi connectivity index (χ1n) is 5.29. The van der Waals surface area contributed by atoms with Crippen LogP contribution in [0.5, 0.6) is 0 Å². The van der Waals surface area contributed by atoms with Crippen LogP contribution in [0.2, 0.25) is 0 Å². The molecule has 0 spiro atoms. The van der Waals surface area contributed by atoms with Gasteiger partial charge in [0, 0.05) is 24.9 Å². The summed E-state index contributed by atoms with van der Waals surface area (Å²) in [6.07, 6.45) is 2.64. The second-order valence-corrected chi connectivity index (χ2v) is 4.70. The first kappa shape index (κ1) is 12.1. The lowest BCUT2D eigenvalue weighted by molar-refractivity contribution is 0.142. The number of nitrogens with zero attached hydrogens (tertiary/aromatic N) is 2. The van der Waals surface area contributed by atoms with Gasteiger partial charge in [-0.15, -0.1) is 0 Å². The van der Waals surface area contributed by atoms with Gasteiger partial charge in [-0.2, -0.15) is 12.6 Å². The van der Waals surface area contributed by atoms with Gasteiger partial charge in [0.15, 0.2) is 0 Å². The van der Waals surface area contributed by atoms with E-state index in [9.17, 15) is 0 Å². The van der Waals surface area contributed by atoms with E-state index in [2.05, 4.69) is 43.1 Å². The molecule has 1 aliphatic heterocycles. The molecule has 14 heavy (non-hydrogen) atoms. The highest BCUT2D eigenvalue weighted by Crippen LogP contribution is 2.14. The van der Waals surface area contributed by atoms with Crippen molar-refractivity contribution in [3.05, 3.63) is 12.2 Å². The largest absolute Gasteiger partial charge is 0.305 e. The third-order valence-electron chi connectivity index (χ3n) is 2.92. The highest BCUT2D eigenvalue weighted by molar-refractivity contribution is 7.80. The Hall–Kier alpha value is 0.01000. The van der Waals surface area contributed by atoms with Gasteiger partial charge >= 0.3 is 0 Å². The van der Waals surface area contributed by atoms with Crippen LogP contribution in [-0.2, 0) is 0 Å². The lowest BCUT2D eigenvalue weighted by Gasteiger charge is -2.36. The molecule has 0 aromatic heterocycles. The molecule has 0 aromatic rings. The van der Waals surface area contributed by atoms with Gasteiger partial charge in [-0.25, -0.2) is 0 Å². The molecular formula is C11H22N2S. The number of likely N-dealkylation sites (N-methyl/N-ethyl adjacent to an activating group) is 2. The fourth-order valence-electron chi connectivity index (χ4n) is 2.03. The first-order chi connectivity index (χ1) is 6.63. The van der Waals surface area contributed by atoms with Gasteiger partial charge in [0.05, 0.1) is 0 Å². The van der Waals surface area contributed by atoms with Crippen LogP contribution in [0.25, 0.3) is 0 Å². The highest BCUT2D eigenvalue weighted by atomic mass is 32.1. The number of thiol groups is 1. The molecule has 1 saturated heterocycles. The topological polar surface area (TPSA) is 6.48 Å². The van der Waals surface area contributed by atoms with Gasteiger partial charge in [-0.3, -0.25) is 4.90 Å². The fraction of sp³-hybridized carbons (Fsp3) is 0.818. The van der Waals surface area contributed by atoms with Gasteiger partial charge in [-0.1, -0.05) is 12.2 Å². The summed E-state index contributed by atoms with van der Waals surface area (Å²) in [6, 6.07) is 0.699. The van der Waals surface area contributed by atoms with Crippen molar-refractivity contribution in [1.29, 1.82) is 0 Å². The van der Waals surface area contributed by atoms with Crippen LogP contribution in [0.4, 0.5) is 0 Å². The third-order valence-corrected chi connectivity index (χ3v) is 3.37. The van der Waals surface area contributed by atoms with Gasteiger partial charge in [0.1, 0.15) is 0 Å². The Balaban J connectivity index is 2.35. The van der Waals surface area contributed by atoms with E-state index in [1.54, 1.807) is 0 Å². The molecule has 1 rings (SSSR count). The van der Waals surface area contributed by atoms with Crippen LogP contribution in [0.1, 0.15) is 12.8 Å². The minimum absolute atomic E-state index is 0.699. The average molecular weight is 214 g/mol. The van der Waals surface area contributed by atoms with E-state index in [0.717, 1.165) is 12.3 Å². The van der Waals surface area contributed by atoms with Crippen molar-refractivity contribution in [2.24, 2.45) is 0 Å². The minimum Gasteiger partial charge on any atom is -0.305 e. The zero-order valence-electron chi connectivity index (χ0n) is 9.37. The van der Waals surface area contributed by atoms with Gasteiger partial charge in [-0.05, 0) is 33.5 Å². The summed E-state index contributed by atoms with van der Waals surface area (Å²) in [6.45, 7) is 7.42. The van der Waals surface area contributed by atoms with E-state index in [0.29, 0.717) is 6.04 Å². The number of hydrogen-bond acceptors (Lipinski definition) is 3. The highest BCUT2D eigenvalue weighted by Gasteiger charge is 2.20. The normalized spacial score (nSPS) is 24.1. The Bertz CT molecular complexity index is 194. The maximum atomic E-state index is 4.24. The Labute approximate surface area is 93.4 Å². The van der Waals surface area contributed by atoms with Gasteiger partial charge < -0.3 is 4.90 Å². The van der Waals surface area contributed by atoms with Gasteiger partial charge in [0.25, 0.3) is 0 Å². The molecular weight excluding hydrogens is 192 g/mol. The van der Waals surface area contributed by atoms with E-state index < -0.39 is 0 Å². The van der Waals surface area contributed by atoms with Crippen molar-refractivity contribution in [3.63, 3.8) is 0 Å². The van der Waals surface area contributed by atoms with Crippen molar-refractivity contribution < 1.29 is 0 Å². The lowest BCUT2D eigenvalue weighted by atomic mass is 10.0. The van der Waals surface area contributed by atoms with Crippen molar-refractivity contribution in [1.82, 2.24) is 9.80 Å². The lowest BCUT2D eigenvalue weighted by Crippen LogP contribution is -2.45. The first-order valence-corrected chi connectivity index (χ1v) is 5.93. The van der Waals surface area contributed by atoms with Gasteiger partial charge in [0.2, 0.25) is 0 Å². The molecule has 2 nitrogen and oxygen atoms in total. The van der Waals surface area contributed by atoms with E-state index in [1.165, 1.54) is 31.5 Å². The monoisotopic (exact) mass is 214 g/mol. The summed E-state index contributed by atoms with van der Waals surface area (Å²) >= 11 is 4.24. The summed E-state index contributed by atoms with van der Waals surface area (Å²) in [7, 11) is 4.39. The maximum absolute atomic E-state index is 4.24. The molecule has 0 saturated carbocycles. The maximum Gasteiger partial charge on any atom is 0.0223 e. The summed E-state index contributed by atoms with van der Waals surface area (Å²) in [4.78, 5) is 4.82. The standard InChI is InChI=1S/C11H22N2S/c1-10(9-14)7-13(3)11-5-4-6-12(2)8-11/h11,14H,1,4-9H2,2-3H3. The van der Waals surface area contributed by atoms with E-state index >= 15 is 0 Å². The molecule has 0 bridgehead atoms.